The summed E-state index contributed by atoms with van der Waals surface area (Å²) in [4.78, 5) is 14.0. The summed E-state index contributed by atoms with van der Waals surface area (Å²) in [5.41, 5.74) is 7.56. The lowest BCUT2D eigenvalue weighted by Crippen LogP contribution is -2.28. The average molecular weight is 260 g/mol. The van der Waals surface area contributed by atoms with Crippen molar-refractivity contribution in [1.29, 1.82) is 0 Å². The van der Waals surface area contributed by atoms with E-state index in [0.717, 1.165) is 11.3 Å². The molecule has 0 aliphatic heterocycles. The van der Waals surface area contributed by atoms with Crippen LogP contribution in [0, 0.1) is 5.92 Å². The van der Waals surface area contributed by atoms with Crippen LogP contribution in [0.5, 0.6) is 0 Å². The third kappa shape index (κ3) is 4.27. The van der Waals surface area contributed by atoms with Crippen LogP contribution in [0.15, 0.2) is 24.3 Å². The molecule has 0 unspecified atom stereocenters. The predicted molar refractivity (Wildman–Crippen MR) is 78.5 cm³/mol. The van der Waals surface area contributed by atoms with E-state index < -0.39 is 0 Å². The lowest BCUT2D eigenvalue weighted by atomic mass is 9.86. The van der Waals surface area contributed by atoms with Gasteiger partial charge in [-0.2, -0.15) is 0 Å². The van der Waals surface area contributed by atoms with E-state index in [4.69, 9.17) is 5.73 Å². The van der Waals surface area contributed by atoms with Gasteiger partial charge < -0.3 is 10.6 Å². The normalized spacial score (nSPS) is 16.3. The Labute approximate surface area is 115 Å². The molecule has 0 aromatic heterocycles. The van der Waals surface area contributed by atoms with Gasteiger partial charge in [0, 0.05) is 25.7 Å². The Morgan fingerprint density at radius 3 is 2.47 bits per heavy atom. The van der Waals surface area contributed by atoms with E-state index in [9.17, 15) is 4.79 Å². The highest BCUT2D eigenvalue weighted by molar-refractivity contribution is 5.76. The first-order valence-corrected chi connectivity index (χ1v) is 7.23. The van der Waals surface area contributed by atoms with E-state index in [1.54, 1.807) is 0 Å². The second-order valence-electron chi connectivity index (χ2n) is 5.70. The molecule has 1 aromatic rings. The molecular formula is C16H24N2O. The first-order valence-electron chi connectivity index (χ1n) is 7.23. The molecule has 2 rings (SSSR count). The molecule has 0 spiro atoms. The van der Waals surface area contributed by atoms with E-state index >= 15 is 0 Å². The van der Waals surface area contributed by atoms with Crippen LogP contribution in [0.1, 0.15) is 44.1 Å². The highest BCUT2D eigenvalue weighted by Crippen LogP contribution is 2.26. The molecular weight excluding hydrogens is 236 g/mol. The van der Waals surface area contributed by atoms with Crippen molar-refractivity contribution in [3.8, 4) is 0 Å². The van der Waals surface area contributed by atoms with E-state index in [1.165, 1.54) is 32.1 Å². The fourth-order valence-electron chi connectivity index (χ4n) is 2.78. The molecule has 3 nitrogen and oxygen atoms in total. The highest BCUT2D eigenvalue weighted by Gasteiger charge is 2.19. The Hall–Kier alpha value is -1.51. The number of nitrogen functional groups attached to an aromatic ring is 1. The molecule has 1 aliphatic rings. The Kier molecular flexibility index (Phi) is 4.83. The summed E-state index contributed by atoms with van der Waals surface area (Å²) >= 11 is 0. The quantitative estimate of drug-likeness (QED) is 0.845. The summed E-state index contributed by atoms with van der Waals surface area (Å²) in [6, 6.07) is 7.74. The van der Waals surface area contributed by atoms with Crippen molar-refractivity contribution in [2.45, 2.75) is 45.1 Å². The van der Waals surface area contributed by atoms with Crippen LogP contribution in [-0.2, 0) is 11.3 Å². The molecule has 1 saturated carbocycles. The van der Waals surface area contributed by atoms with Crippen molar-refractivity contribution in [2.24, 2.45) is 5.92 Å². The molecule has 0 heterocycles. The number of carbonyl (C=O) groups excluding carboxylic acids is 1. The van der Waals surface area contributed by atoms with E-state index in [2.05, 4.69) is 0 Å². The number of hydrogen-bond donors (Lipinski definition) is 1. The molecule has 0 atom stereocenters. The molecule has 1 fully saturated rings. The van der Waals surface area contributed by atoms with Gasteiger partial charge in [-0.25, -0.2) is 0 Å². The zero-order valence-corrected chi connectivity index (χ0v) is 11.8. The molecule has 19 heavy (non-hydrogen) atoms. The van der Waals surface area contributed by atoms with Gasteiger partial charge in [0.15, 0.2) is 0 Å². The summed E-state index contributed by atoms with van der Waals surface area (Å²) in [5.74, 6) is 0.874. The zero-order chi connectivity index (χ0) is 13.7. The number of anilines is 1. The maximum atomic E-state index is 12.2. The average Bonchev–Trinajstić information content (AvgIpc) is 2.42. The maximum Gasteiger partial charge on any atom is 0.222 e. The van der Waals surface area contributed by atoms with Crippen molar-refractivity contribution in [3.05, 3.63) is 29.8 Å². The lowest BCUT2D eigenvalue weighted by molar-refractivity contribution is -0.131. The van der Waals surface area contributed by atoms with Gasteiger partial charge in [0.25, 0.3) is 0 Å². The van der Waals surface area contributed by atoms with Crippen LogP contribution in [0.3, 0.4) is 0 Å². The molecule has 0 saturated heterocycles. The van der Waals surface area contributed by atoms with Crippen molar-refractivity contribution >= 4 is 11.6 Å². The Morgan fingerprint density at radius 2 is 1.84 bits per heavy atom. The topological polar surface area (TPSA) is 46.3 Å². The monoisotopic (exact) mass is 260 g/mol. The second-order valence-corrected chi connectivity index (χ2v) is 5.70. The van der Waals surface area contributed by atoms with Crippen LogP contribution < -0.4 is 5.73 Å². The molecule has 0 radical (unpaired) electrons. The van der Waals surface area contributed by atoms with Crippen LogP contribution in [0.4, 0.5) is 5.69 Å². The molecule has 3 heteroatoms. The number of amides is 1. The minimum absolute atomic E-state index is 0.267. The molecule has 104 valence electrons. The van der Waals surface area contributed by atoms with Gasteiger partial charge in [-0.15, -0.1) is 0 Å². The van der Waals surface area contributed by atoms with Crippen LogP contribution in [0.2, 0.25) is 0 Å². The Morgan fingerprint density at radius 1 is 1.21 bits per heavy atom. The van der Waals surface area contributed by atoms with Gasteiger partial charge >= 0.3 is 0 Å². The number of nitrogens with two attached hydrogens (primary N) is 1. The molecule has 0 bridgehead atoms. The highest BCUT2D eigenvalue weighted by atomic mass is 16.2. The summed E-state index contributed by atoms with van der Waals surface area (Å²) in [7, 11) is 1.89. The third-order valence-corrected chi connectivity index (χ3v) is 4.01. The SMILES string of the molecule is CN(Cc1ccc(N)cc1)C(=O)CC1CCCCC1. The largest absolute Gasteiger partial charge is 0.399 e. The van der Waals surface area contributed by atoms with Gasteiger partial charge in [0.05, 0.1) is 0 Å². The Balaban J connectivity index is 1.83. The lowest BCUT2D eigenvalue weighted by Gasteiger charge is -2.24. The Bertz CT molecular complexity index is 407. The smallest absolute Gasteiger partial charge is 0.222 e. The van der Waals surface area contributed by atoms with Crippen LogP contribution in [-0.4, -0.2) is 17.9 Å². The second kappa shape index (κ2) is 6.60. The number of hydrogen-bond acceptors (Lipinski definition) is 2. The first kappa shape index (κ1) is 13.9. The summed E-state index contributed by atoms with van der Waals surface area (Å²) in [5, 5.41) is 0. The van der Waals surface area contributed by atoms with Crippen molar-refractivity contribution in [1.82, 2.24) is 4.90 Å². The summed E-state index contributed by atoms with van der Waals surface area (Å²) < 4.78 is 0. The molecule has 2 N–H and O–H groups in total. The summed E-state index contributed by atoms with van der Waals surface area (Å²) in [6.07, 6.45) is 7.08. The minimum Gasteiger partial charge on any atom is -0.399 e. The molecule has 1 aliphatic carbocycles. The summed E-state index contributed by atoms with van der Waals surface area (Å²) in [6.45, 7) is 0.672. The van der Waals surface area contributed by atoms with Gasteiger partial charge in [-0.05, 0) is 36.5 Å². The molecule has 1 aromatic carbocycles. The maximum absolute atomic E-state index is 12.2. The van der Waals surface area contributed by atoms with E-state index in [0.29, 0.717) is 18.9 Å². The van der Waals surface area contributed by atoms with E-state index in [-0.39, 0.29) is 5.91 Å². The third-order valence-electron chi connectivity index (χ3n) is 4.01. The van der Waals surface area contributed by atoms with Gasteiger partial charge in [0.1, 0.15) is 0 Å². The van der Waals surface area contributed by atoms with Gasteiger partial charge in [-0.3, -0.25) is 4.79 Å². The van der Waals surface area contributed by atoms with Crippen molar-refractivity contribution < 1.29 is 4.79 Å². The predicted octanol–water partition coefficient (Wildman–Crippen LogP) is 3.20. The minimum atomic E-state index is 0.267. The fraction of sp³-hybridized carbons (Fsp3) is 0.562. The fourth-order valence-corrected chi connectivity index (χ4v) is 2.78. The van der Waals surface area contributed by atoms with Crippen molar-refractivity contribution in [2.75, 3.05) is 12.8 Å². The molecule has 1 amide bonds. The van der Waals surface area contributed by atoms with E-state index in [1.807, 2.05) is 36.2 Å². The van der Waals surface area contributed by atoms with Crippen LogP contribution >= 0.6 is 0 Å². The standard InChI is InChI=1S/C16H24N2O/c1-18(12-14-7-9-15(17)10-8-14)16(19)11-13-5-3-2-4-6-13/h7-10,13H,2-6,11-12,17H2,1H3. The zero-order valence-electron chi connectivity index (χ0n) is 11.8. The first-order chi connectivity index (χ1) is 9.15. The van der Waals surface area contributed by atoms with Gasteiger partial charge in [-0.1, -0.05) is 31.4 Å². The number of rotatable bonds is 4. The number of carbonyl (C=O) groups is 1. The number of nitrogens with zero attached hydrogens (tertiary/aromatic N) is 1. The van der Waals surface area contributed by atoms with Crippen molar-refractivity contribution in [3.63, 3.8) is 0 Å². The van der Waals surface area contributed by atoms with Crippen LogP contribution in [0.25, 0.3) is 0 Å². The number of benzene rings is 1. The van der Waals surface area contributed by atoms with Gasteiger partial charge in [0.2, 0.25) is 5.91 Å².